The van der Waals surface area contributed by atoms with Gasteiger partial charge in [0.05, 0.1) is 4.47 Å². The number of nitrogens with zero attached hydrogens (tertiary/aromatic N) is 3. The van der Waals surface area contributed by atoms with Crippen LogP contribution in [0.15, 0.2) is 22.8 Å². The molecule has 0 spiro atoms. The first kappa shape index (κ1) is 16.1. The molecule has 1 amide bonds. The molecule has 1 aliphatic heterocycles. The van der Waals surface area contributed by atoms with Gasteiger partial charge in [-0.15, -0.1) is 0 Å². The van der Waals surface area contributed by atoms with Gasteiger partial charge in [-0.2, -0.15) is 0 Å². The van der Waals surface area contributed by atoms with Gasteiger partial charge in [0.2, 0.25) is 0 Å². The smallest absolute Gasteiger partial charge is 0.410 e. The molecule has 1 atom stereocenters. The van der Waals surface area contributed by atoms with E-state index in [9.17, 15) is 4.79 Å². The Hall–Kier alpha value is -1.30. The van der Waals surface area contributed by atoms with Crippen LogP contribution in [0.2, 0.25) is 0 Å². The van der Waals surface area contributed by atoms with Crippen molar-refractivity contribution in [1.29, 1.82) is 0 Å². The Morgan fingerprint density at radius 1 is 1.43 bits per heavy atom. The predicted octanol–water partition coefficient (Wildman–Crippen LogP) is 3.29. The van der Waals surface area contributed by atoms with E-state index in [1.54, 1.807) is 11.1 Å². The zero-order valence-corrected chi connectivity index (χ0v) is 14.6. The molecule has 0 aromatic carbocycles. The molecule has 2 rings (SSSR count). The molecular formula is C15H22BrN3O2. The lowest BCUT2D eigenvalue weighted by atomic mass is 10.2. The monoisotopic (exact) mass is 355 g/mol. The summed E-state index contributed by atoms with van der Waals surface area (Å²) < 4.78 is 6.43. The van der Waals surface area contributed by atoms with Crippen molar-refractivity contribution in [1.82, 2.24) is 9.88 Å². The third kappa shape index (κ3) is 4.09. The van der Waals surface area contributed by atoms with Crippen LogP contribution in [0.3, 0.4) is 0 Å². The van der Waals surface area contributed by atoms with Crippen molar-refractivity contribution in [2.45, 2.75) is 39.3 Å². The predicted molar refractivity (Wildman–Crippen MR) is 86.6 cm³/mol. The Labute approximate surface area is 134 Å². The van der Waals surface area contributed by atoms with Crippen LogP contribution >= 0.6 is 15.9 Å². The number of anilines is 1. The van der Waals surface area contributed by atoms with Gasteiger partial charge in [0.25, 0.3) is 0 Å². The third-order valence-electron chi connectivity index (χ3n) is 3.29. The molecule has 0 radical (unpaired) electrons. The zero-order valence-electron chi connectivity index (χ0n) is 13.0. The minimum atomic E-state index is -0.460. The van der Waals surface area contributed by atoms with Gasteiger partial charge in [-0.25, -0.2) is 9.78 Å². The number of carbonyl (C=O) groups is 1. The first-order valence-electron chi connectivity index (χ1n) is 7.13. The largest absolute Gasteiger partial charge is 0.444 e. The second kappa shape index (κ2) is 6.22. The topological polar surface area (TPSA) is 45.7 Å². The number of hydrogen-bond donors (Lipinski definition) is 0. The van der Waals surface area contributed by atoms with Crippen molar-refractivity contribution in [3.05, 3.63) is 22.8 Å². The summed E-state index contributed by atoms with van der Waals surface area (Å²) in [5.41, 5.74) is -0.460. The summed E-state index contributed by atoms with van der Waals surface area (Å²) in [5.74, 6) is 0.924. The maximum absolute atomic E-state index is 12.2. The Morgan fingerprint density at radius 2 is 2.14 bits per heavy atom. The quantitative estimate of drug-likeness (QED) is 0.775. The van der Waals surface area contributed by atoms with E-state index in [4.69, 9.17) is 4.74 Å². The minimum Gasteiger partial charge on any atom is -0.444 e. The van der Waals surface area contributed by atoms with Crippen LogP contribution in [0, 0.1) is 0 Å². The summed E-state index contributed by atoms with van der Waals surface area (Å²) in [5, 5.41) is 0. The van der Waals surface area contributed by atoms with Gasteiger partial charge in [0.1, 0.15) is 11.4 Å². The molecule has 2 heterocycles. The van der Waals surface area contributed by atoms with E-state index in [0.29, 0.717) is 6.54 Å². The number of ether oxygens (including phenoxy) is 1. The van der Waals surface area contributed by atoms with Gasteiger partial charge in [-0.05, 0) is 55.8 Å². The normalized spacial score (nSPS) is 19.6. The maximum atomic E-state index is 12.2. The molecule has 0 aliphatic carbocycles. The molecule has 0 bridgehead atoms. The van der Waals surface area contributed by atoms with Crippen LogP contribution in [0.4, 0.5) is 10.6 Å². The lowest BCUT2D eigenvalue weighted by molar-refractivity contribution is 0.0158. The fourth-order valence-electron chi connectivity index (χ4n) is 2.35. The Balaban J connectivity index is 2.03. The molecule has 1 aliphatic rings. The van der Waals surface area contributed by atoms with Crippen molar-refractivity contribution in [3.8, 4) is 0 Å². The van der Waals surface area contributed by atoms with Crippen molar-refractivity contribution in [2.24, 2.45) is 0 Å². The fraction of sp³-hybridized carbons (Fsp3) is 0.600. The van der Waals surface area contributed by atoms with Gasteiger partial charge in [-0.3, -0.25) is 0 Å². The molecule has 1 unspecified atom stereocenters. The highest BCUT2D eigenvalue weighted by Crippen LogP contribution is 2.25. The fourth-order valence-corrected chi connectivity index (χ4v) is 2.86. The summed E-state index contributed by atoms with van der Waals surface area (Å²) in [6, 6.07) is 3.96. The summed E-state index contributed by atoms with van der Waals surface area (Å²) in [6.45, 7) is 9.82. The number of hydrogen-bond acceptors (Lipinski definition) is 4. The number of rotatable bonds is 1. The van der Waals surface area contributed by atoms with Crippen molar-refractivity contribution >= 4 is 27.8 Å². The van der Waals surface area contributed by atoms with Gasteiger partial charge < -0.3 is 14.5 Å². The summed E-state index contributed by atoms with van der Waals surface area (Å²) in [4.78, 5) is 20.6. The molecule has 1 aromatic heterocycles. The highest BCUT2D eigenvalue weighted by molar-refractivity contribution is 9.10. The first-order valence-corrected chi connectivity index (χ1v) is 7.92. The van der Waals surface area contributed by atoms with E-state index < -0.39 is 5.60 Å². The first-order chi connectivity index (χ1) is 9.78. The van der Waals surface area contributed by atoms with Crippen LogP contribution in [0.5, 0.6) is 0 Å². The van der Waals surface area contributed by atoms with Gasteiger partial charge in [-0.1, -0.05) is 0 Å². The van der Waals surface area contributed by atoms with Crippen LogP contribution in [0.25, 0.3) is 0 Å². The van der Waals surface area contributed by atoms with Crippen LogP contribution in [-0.2, 0) is 4.74 Å². The molecule has 21 heavy (non-hydrogen) atoms. The van der Waals surface area contributed by atoms with E-state index in [1.165, 1.54) is 0 Å². The number of pyridine rings is 1. The molecule has 0 N–H and O–H groups in total. The van der Waals surface area contributed by atoms with Gasteiger partial charge in [0, 0.05) is 31.9 Å². The Bertz CT molecular complexity index is 516. The number of carbonyl (C=O) groups excluding carboxylic acids is 1. The maximum Gasteiger partial charge on any atom is 0.410 e. The van der Waals surface area contributed by atoms with E-state index in [2.05, 4.69) is 25.8 Å². The SMILES string of the molecule is CC1CN(c2ncccc2Br)CCN1C(=O)OC(C)(C)C. The molecule has 116 valence electrons. The lowest BCUT2D eigenvalue weighted by Crippen LogP contribution is -2.55. The summed E-state index contributed by atoms with van der Waals surface area (Å²) in [6.07, 6.45) is 1.54. The Kier molecular flexibility index (Phi) is 4.76. The molecule has 0 saturated carbocycles. The number of aromatic nitrogens is 1. The molecule has 1 fully saturated rings. The van der Waals surface area contributed by atoms with Crippen molar-refractivity contribution in [3.63, 3.8) is 0 Å². The lowest BCUT2D eigenvalue weighted by Gasteiger charge is -2.40. The Morgan fingerprint density at radius 3 is 2.71 bits per heavy atom. The second-order valence-corrected chi connectivity index (χ2v) is 7.13. The number of amides is 1. The van der Waals surface area contributed by atoms with Crippen LogP contribution < -0.4 is 4.90 Å². The average Bonchev–Trinajstić information content (AvgIpc) is 2.37. The van der Waals surface area contributed by atoms with Crippen LogP contribution in [-0.4, -0.2) is 47.3 Å². The molecule has 5 nitrogen and oxygen atoms in total. The van der Waals surface area contributed by atoms with E-state index in [-0.39, 0.29) is 12.1 Å². The van der Waals surface area contributed by atoms with E-state index >= 15 is 0 Å². The molecule has 6 heteroatoms. The average molecular weight is 356 g/mol. The van der Waals surface area contributed by atoms with E-state index in [1.807, 2.05) is 39.8 Å². The highest BCUT2D eigenvalue weighted by atomic mass is 79.9. The van der Waals surface area contributed by atoms with Crippen molar-refractivity contribution in [2.75, 3.05) is 24.5 Å². The van der Waals surface area contributed by atoms with Gasteiger partial charge in [0.15, 0.2) is 0 Å². The zero-order chi connectivity index (χ0) is 15.6. The molecular weight excluding hydrogens is 334 g/mol. The number of halogens is 1. The highest BCUT2D eigenvalue weighted by Gasteiger charge is 2.31. The summed E-state index contributed by atoms with van der Waals surface area (Å²) >= 11 is 3.53. The second-order valence-electron chi connectivity index (χ2n) is 6.28. The minimum absolute atomic E-state index is 0.0857. The number of piperazine rings is 1. The standard InChI is InChI=1S/C15H22BrN3O2/c1-11-10-18(13-12(16)6-5-7-17-13)8-9-19(11)14(20)21-15(2,3)4/h5-7,11H,8-10H2,1-4H3. The van der Waals surface area contributed by atoms with Crippen molar-refractivity contribution < 1.29 is 9.53 Å². The van der Waals surface area contributed by atoms with Gasteiger partial charge >= 0.3 is 6.09 Å². The summed E-state index contributed by atoms with van der Waals surface area (Å²) in [7, 11) is 0. The third-order valence-corrected chi connectivity index (χ3v) is 3.91. The molecule has 1 aromatic rings. The molecule has 1 saturated heterocycles. The van der Waals surface area contributed by atoms with Crippen LogP contribution in [0.1, 0.15) is 27.7 Å². The van der Waals surface area contributed by atoms with E-state index in [0.717, 1.165) is 23.4 Å².